The van der Waals surface area contributed by atoms with Crippen LogP contribution < -0.4 is 0 Å². The van der Waals surface area contributed by atoms with Gasteiger partial charge in [0.2, 0.25) is 11.1 Å². The Labute approximate surface area is 146 Å². The van der Waals surface area contributed by atoms with Gasteiger partial charge >= 0.3 is 0 Å². The van der Waals surface area contributed by atoms with Crippen molar-refractivity contribution >= 4 is 17.7 Å². The zero-order valence-electron chi connectivity index (χ0n) is 14.1. The molecule has 1 atom stereocenters. The summed E-state index contributed by atoms with van der Waals surface area (Å²) in [5.74, 6) is 0.0878. The standard InChI is InChI=1S/C17H23N5OS/c1-13(16(23)21(2)12-14-8-4-3-5-9-14)24-17-18-19-20-22(17)15-10-6-7-11-15/h3-5,8-9,13,15H,6-7,10-12H2,1-2H3. The number of carbonyl (C=O) groups excluding carboxylic acids is 1. The number of tetrazole rings is 1. The fourth-order valence-electron chi connectivity index (χ4n) is 3.10. The number of thioether (sulfide) groups is 1. The highest BCUT2D eigenvalue weighted by atomic mass is 32.2. The van der Waals surface area contributed by atoms with Crippen LogP contribution in [0.5, 0.6) is 0 Å². The van der Waals surface area contributed by atoms with E-state index in [4.69, 9.17) is 0 Å². The Kier molecular flexibility index (Phi) is 5.50. The highest BCUT2D eigenvalue weighted by molar-refractivity contribution is 8.00. The van der Waals surface area contributed by atoms with Crippen LogP contribution in [0.4, 0.5) is 0 Å². The predicted molar refractivity (Wildman–Crippen MR) is 93.6 cm³/mol. The van der Waals surface area contributed by atoms with Crippen LogP contribution in [0.2, 0.25) is 0 Å². The van der Waals surface area contributed by atoms with E-state index < -0.39 is 0 Å². The average Bonchev–Trinajstić information content (AvgIpc) is 3.26. The summed E-state index contributed by atoms with van der Waals surface area (Å²) in [6.07, 6.45) is 4.69. The largest absolute Gasteiger partial charge is 0.340 e. The van der Waals surface area contributed by atoms with Crippen LogP contribution >= 0.6 is 11.8 Å². The molecule has 1 unspecified atom stereocenters. The summed E-state index contributed by atoms with van der Waals surface area (Å²) < 4.78 is 1.90. The van der Waals surface area contributed by atoms with Gasteiger partial charge in [-0.2, -0.15) is 0 Å². The van der Waals surface area contributed by atoms with Crippen molar-refractivity contribution in [2.45, 2.75) is 55.6 Å². The number of benzene rings is 1. The molecule has 1 amide bonds. The van der Waals surface area contributed by atoms with Gasteiger partial charge < -0.3 is 4.90 Å². The minimum absolute atomic E-state index is 0.0878. The van der Waals surface area contributed by atoms with Crippen LogP contribution in [0.25, 0.3) is 0 Å². The maximum Gasteiger partial charge on any atom is 0.235 e. The number of carbonyl (C=O) groups is 1. The first kappa shape index (κ1) is 17.0. The zero-order chi connectivity index (χ0) is 16.9. The first-order valence-electron chi connectivity index (χ1n) is 8.38. The van der Waals surface area contributed by atoms with Crippen LogP contribution in [0.3, 0.4) is 0 Å². The Hall–Kier alpha value is -1.89. The molecule has 0 aliphatic heterocycles. The predicted octanol–water partition coefficient (Wildman–Crippen LogP) is 2.93. The molecule has 3 rings (SSSR count). The Morgan fingerprint density at radius 1 is 1.33 bits per heavy atom. The van der Waals surface area contributed by atoms with Crippen LogP contribution in [0.15, 0.2) is 35.5 Å². The van der Waals surface area contributed by atoms with Crippen molar-refractivity contribution in [1.29, 1.82) is 0 Å². The molecular weight excluding hydrogens is 322 g/mol. The van der Waals surface area contributed by atoms with Gasteiger partial charge in [-0.15, -0.1) is 5.10 Å². The Morgan fingerprint density at radius 2 is 2.04 bits per heavy atom. The lowest BCUT2D eigenvalue weighted by Crippen LogP contribution is -2.33. The van der Waals surface area contributed by atoms with Crippen molar-refractivity contribution in [3.05, 3.63) is 35.9 Å². The zero-order valence-corrected chi connectivity index (χ0v) is 14.9. The summed E-state index contributed by atoms with van der Waals surface area (Å²) in [5.41, 5.74) is 1.13. The van der Waals surface area contributed by atoms with E-state index in [2.05, 4.69) is 15.5 Å². The second-order valence-electron chi connectivity index (χ2n) is 6.28. The fourth-order valence-corrected chi connectivity index (χ4v) is 4.07. The van der Waals surface area contributed by atoms with Crippen LogP contribution in [-0.4, -0.2) is 43.3 Å². The van der Waals surface area contributed by atoms with Crippen LogP contribution in [0.1, 0.15) is 44.2 Å². The summed E-state index contributed by atoms with van der Waals surface area (Å²) in [4.78, 5) is 14.4. The normalized spacial score (nSPS) is 16.2. The van der Waals surface area contributed by atoms with E-state index in [0.717, 1.165) is 23.6 Å². The van der Waals surface area contributed by atoms with Gasteiger partial charge in [0, 0.05) is 13.6 Å². The molecule has 1 fully saturated rings. The van der Waals surface area contributed by atoms with E-state index in [1.807, 2.05) is 49.0 Å². The molecule has 2 aromatic rings. The van der Waals surface area contributed by atoms with Crippen molar-refractivity contribution in [2.24, 2.45) is 0 Å². The van der Waals surface area contributed by atoms with Crippen molar-refractivity contribution in [1.82, 2.24) is 25.1 Å². The van der Waals surface area contributed by atoms with Crippen LogP contribution in [0, 0.1) is 0 Å². The third kappa shape index (κ3) is 3.95. The molecule has 6 nitrogen and oxygen atoms in total. The number of hydrogen-bond donors (Lipinski definition) is 0. The number of aromatic nitrogens is 4. The molecule has 1 heterocycles. The average molecular weight is 345 g/mol. The van der Waals surface area contributed by atoms with Crippen molar-refractivity contribution in [2.75, 3.05) is 7.05 Å². The van der Waals surface area contributed by atoms with E-state index in [1.165, 1.54) is 24.6 Å². The second-order valence-corrected chi connectivity index (χ2v) is 7.59. The van der Waals surface area contributed by atoms with E-state index >= 15 is 0 Å². The van der Waals surface area contributed by atoms with Gasteiger partial charge in [-0.3, -0.25) is 4.79 Å². The lowest BCUT2D eigenvalue weighted by Gasteiger charge is -2.21. The second kappa shape index (κ2) is 7.79. The third-order valence-electron chi connectivity index (χ3n) is 4.40. The van der Waals surface area contributed by atoms with E-state index in [1.54, 1.807) is 4.90 Å². The van der Waals surface area contributed by atoms with Crippen LogP contribution in [-0.2, 0) is 11.3 Å². The third-order valence-corrected chi connectivity index (χ3v) is 5.44. The molecule has 128 valence electrons. The van der Waals surface area contributed by atoms with E-state index in [0.29, 0.717) is 12.6 Å². The van der Waals surface area contributed by atoms with Gasteiger partial charge in [0.25, 0.3) is 0 Å². The molecule has 1 aromatic carbocycles. The van der Waals surface area contributed by atoms with Crippen molar-refractivity contribution in [3.63, 3.8) is 0 Å². The molecular formula is C17H23N5OS. The molecule has 1 aliphatic carbocycles. The maximum absolute atomic E-state index is 12.6. The van der Waals surface area contributed by atoms with Gasteiger partial charge in [0.1, 0.15) is 0 Å². The first-order valence-corrected chi connectivity index (χ1v) is 9.26. The summed E-state index contributed by atoms with van der Waals surface area (Å²) in [6, 6.07) is 10.4. The van der Waals surface area contributed by atoms with Gasteiger partial charge in [-0.25, -0.2) is 4.68 Å². The molecule has 0 spiro atoms. The van der Waals surface area contributed by atoms with E-state index in [9.17, 15) is 4.79 Å². The summed E-state index contributed by atoms with van der Waals surface area (Å²) >= 11 is 1.45. The van der Waals surface area contributed by atoms with Crippen molar-refractivity contribution in [3.8, 4) is 0 Å². The molecule has 0 saturated heterocycles. The summed E-state index contributed by atoms with van der Waals surface area (Å²) in [5, 5.41) is 12.6. The van der Waals surface area contributed by atoms with Gasteiger partial charge in [-0.1, -0.05) is 54.9 Å². The number of nitrogens with zero attached hydrogens (tertiary/aromatic N) is 5. The number of hydrogen-bond acceptors (Lipinski definition) is 5. The highest BCUT2D eigenvalue weighted by Crippen LogP contribution is 2.32. The molecule has 7 heteroatoms. The quantitative estimate of drug-likeness (QED) is 0.753. The van der Waals surface area contributed by atoms with E-state index in [-0.39, 0.29) is 11.2 Å². The fraction of sp³-hybridized carbons (Fsp3) is 0.529. The van der Waals surface area contributed by atoms with Gasteiger partial charge in [0.15, 0.2) is 0 Å². The molecule has 0 radical (unpaired) electrons. The molecule has 1 aliphatic rings. The topological polar surface area (TPSA) is 63.9 Å². The molecule has 24 heavy (non-hydrogen) atoms. The van der Waals surface area contributed by atoms with Crippen molar-refractivity contribution < 1.29 is 4.79 Å². The minimum atomic E-state index is -0.218. The Balaban J connectivity index is 1.61. The Morgan fingerprint density at radius 3 is 2.75 bits per heavy atom. The molecule has 0 bridgehead atoms. The number of rotatable bonds is 6. The number of amides is 1. The SMILES string of the molecule is CC(Sc1nnnn1C1CCCC1)C(=O)N(C)Cc1ccccc1. The molecule has 1 aromatic heterocycles. The summed E-state index contributed by atoms with van der Waals surface area (Å²) in [7, 11) is 1.84. The first-order chi connectivity index (χ1) is 11.6. The maximum atomic E-state index is 12.6. The summed E-state index contributed by atoms with van der Waals surface area (Å²) in [6.45, 7) is 2.53. The smallest absolute Gasteiger partial charge is 0.235 e. The monoisotopic (exact) mass is 345 g/mol. The highest BCUT2D eigenvalue weighted by Gasteiger charge is 2.25. The Bertz CT molecular complexity index is 669. The molecule has 0 N–H and O–H groups in total. The lowest BCUT2D eigenvalue weighted by atomic mass is 10.2. The lowest BCUT2D eigenvalue weighted by molar-refractivity contribution is -0.129. The van der Waals surface area contributed by atoms with Gasteiger partial charge in [-0.05, 0) is 35.8 Å². The van der Waals surface area contributed by atoms with Gasteiger partial charge in [0.05, 0.1) is 11.3 Å². The minimum Gasteiger partial charge on any atom is -0.340 e. The molecule has 1 saturated carbocycles.